The van der Waals surface area contributed by atoms with E-state index < -0.39 is 5.60 Å². The van der Waals surface area contributed by atoms with Gasteiger partial charge in [-0.05, 0) is 23.8 Å². The molecule has 1 aromatic rings. The molecular formula is C10H12BrNO2. The zero-order chi connectivity index (χ0) is 10.2. The van der Waals surface area contributed by atoms with E-state index in [4.69, 9.17) is 0 Å². The highest BCUT2D eigenvalue weighted by molar-refractivity contribution is 9.10. The SMILES string of the molecule is Oc1ccc(Br)c(CC2(O)CNC2)c1. The molecule has 0 atom stereocenters. The Labute approximate surface area is 90.9 Å². The topological polar surface area (TPSA) is 52.5 Å². The molecule has 0 radical (unpaired) electrons. The molecule has 2 rings (SSSR count). The van der Waals surface area contributed by atoms with Crippen molar-refractivity contribution in [2.45, 2.75) is 12.0 Å². The summed E-state index contributed by atoms with van der Waals surface area (Å²) < 4.78 is 0.927. The fourth-order valence-electron chi connectivity index (χ4n) is 1.59. The lowest BCUT2D eigenvalue weighted by Crippen LogP contribution is -2.60. The molecule has 1 heterocycles. The van der Waals surface area contributed by atoms with Crippen molar-refractivity contribution in [3.8, 4) is 5.75 Å². The average molecular weight is 258 g/mol. The van der Waals surface area contributed by atoms with Crippen molar-refractivity contribution in [2.75, 3.05) is 13.1 Å². The van der Waals surface area contributed by atoms with Gasteiger partial charge in [-0.3, -0.25) is 0 Å². The molecule has 4 heteroatoms. The van der Waals surface area contributed by atoms with Crippen LogP contribution in [0.4, 0.5) is 0 Å². The number of halogens is 1. The van der Waals surface area contributed by atoms with Gasteiger partial charge >= 0.3 is 0 Å². The summed E-state index contributed by atoms with van der Waals surface area (Å²) in [5.41, 5.74) is 0.296. The highest BCUT2D eigenvalue weighted by Crippen LogP contribution is 2.27. The second-order valence-electron chi connectivity index (χ2n) is 3.78. The first kappa shape index (κ1) is 9.96. The number of aromatic hydroxyl groups is 1. The van der Waals surface area contributed by atoms with E-state index in [2.05, 4.69) is 21.2 Å². The number of phenolic OH excluding ortho intramolecular Hbond substituents is 1. The summed E-state index contributed by atoms with van der Waals surface area (Å²) in [6.45, 7) is 1.24. The van der Waals surface area contributed by atoms with Gasteiger partial charge in [0.15, 0.2) is 0 Å². The van der Waals surface area contributed by atoms with E-state index >= 15 is 0 Å². The molecule has 0 aromatic heterocycles. The maximum atomic E-state index is 9.91. The Morgan fingerprint density at radius 2 is 2.14 bits per heavy atom. The zero-order valence-electron chi connectivity index (χ0n) is 7.63. The van der Waals surface area contributed by atoms with Crippen LogP contribution in [0.3, 0.4) is 0 Å². The summed E-state index contributed by atoms with van der Waals surface area (Å²) in [4.78, 5) is 0. The molecule has 1 saturated heterocycles. The number of hydrogen-bond acceptors (Lipinski definition) is 3. The number of hydrogen-bond donors (Lipinski definition) is 3. The van der Waals surface area contributed by atoms with E-state index in [1.165, 1.54) is 0 Å². The highest BCUT2D eigenvalue weighted by Gasteiger charge is 2.34. The first-order chi connectivity index (χ1) is 6.59. The largest absolute Gasteiger partial charge is 0.508 e. The fraction of sp³-hybridized carbons (Fsp3) is 0.400. The maximum absolute atomic E-state index is 9.91. The molecule has 3 N–H and O–H groups in total. The number of phenols is 1. The maximum Gasteiger partial charge on any atom is 0.115 e. The normalized spacial score (nSPS) is 19.0. The van der Waals surface area contributed by atoms with Crippen LogP contribution in [0.1, 0.15) is 5.56 Å². The standard InChI is InChI=1S/C10H12BrNO2/c11-9-2-1-8(13)3-7(9)4-10(14)5-12-6-10/h1-3,12-14H,4-6H2. The summed E-state index contributed by atoms with van der Waals surface area (Å²) >= 11 is 3.39. The van der Waals surface area contributed by atoms with Crippen LogP contribution in [0.15, 0.2) is 22.7 Å². The molecule has 1 aliphatic heterocycles. The van der Waals surface area contributed by atoms with Gasteiger partial charge in [-0.1, -0.05) is 15.9 Å². The summed E-state index contributed by atoms with van der Waals surface area (Å²) in [5, 5.41) is 22.2. The van der Waals surface area contributed by atoms with Gasteiger partial charge in [-0.15, -0.1) is 0 Å². The van der Waals surface area contributed by atoms with Crippen LogP contribution in [0.25, 0.3) is 0 Å². The number of nitrogens with one attached hydrogen (secondary N) is 1. The van der Waals surface area contributed by atoms with Gasteiger partial charge in [-0.25, -0.2) is 0 Å². The Balaban J connectivity index is 2.19. The summed E-state index contributed by atoms with van der Waals surface area (Å²) in [6.07, 6.45) is 0.564. The lowest BCUT2D eigenvalue weighted by atomic mass is 9.89. The van der Waals surface area contributed by atoms with Crippen LogP contribution in [0.5, 0.6) is 5.75 Å². The van der Waals surface area contributed by atoms with Gasteiger partial charge in [0, 0.05) is 24.0 Å². The summed E-state index contributed by atoms with van der Waals surface area (Å²) in [5.74, 6) is 0.235. The molecule has 0 bridgehead atoms. The molecule has 0 spiro atoms. The van der Waals surface area contributed by atoms with Crippen molar-refractivity contribution in [3.63, 3.8) is 0 Å². The lowest BCUT2D eigenvalue weighted by Gasteiger charge is -2.37. The van der Waals surface area contributed by atoms with Gasteiger partial charge in [0.2, 0.25) is 0 Å². The molecular weight excluding hydrogens is 246 g/mol. The number of benzene rings is 1. The molecule has 0 amide bonds. The molecule has 0 saturated carbocycles. The van der Waals surface area contributed by atoms with Crippen LogP contribution >= 0.6 is 15.9 Å². The second-order valence-corrected chi connectivity index (χ2v) is 4.63. The molecule has 3 nitrogen and oxygen atoms in total. The number of rotatable bonds is 2. The minimum absolute atomic E-state index is 0.235. The molecule has 14 heavy (non-hydrogen) atoms. The highest BCUT2D eigenvalue weighted by atomic mass is 79.9. The van der Waals surface area contributed by atoms with Crippen molar-refractivity contribution >= 4 is 15.9 Å². The van der Waals surface area contributed by atoms with Crippen molar-refractivity contribution in [2.24, 2.45) is 0 Å². The van der Waals surface area contributed by atoms with Crippen molar-refractivity contribution in [1.82, 2.24) is 5.32 Å². The van der Waals surface area contributed by atoms with E-state index in [0.717, 1.165) is 10.0 Å². The Morgan fingerprint density at radius 3 is 2.71 bits per heavy atom. The second kappa shape index (κ2) is 3.53. The summed E-state index contributed by atoms with van der Waals surface area (Å²) in [6, 6.07) is 5.09. The predicted molar refractivity (Wildman–Crippen MR) is 57.3 cm³/mol. The molecule has 1 fully saturated rings. The Hall–Kier alpha value is -0.580. The van der Waals surface area contributed by atoms with E-state index in [1.807, 2.05) is 0 Å². The van der Waals surface area contributed by atoms with Crippen LogP contribution < -0.4 is 5.32 Å². The van der Waals surface area contributed by atoms with Crippen LogP contribution in [-0.4, -0.2) is 28.9 Å². The van der Waals surface area contributed by atoms with E-state index in [9.17, 15) is 10.2 Å². The molecule has 0 unspecified atom stereocenters. The molecule has 1 aliphatic rings. The van der Waals surface area contributed by atoms with Gasteiger partial charge in [0.1, 0.15) is 5.75 Å². The lowest BCUT2D eigenvalue weighted by molar-refractivity contribution is -0.00917. The molecule has 0 aliphatic carbocycles. The number of β-amino-alcohol motifs (C(OH)–C–C–N with tert-alkyl or cyclic N) is 1. The van der Waals surface area contributed by atoms with E-state index in [1.54, 1.807) is 18.2 Å². The van der Waals surface area contributed by atoms with Gasteiger partial charge in [-0.2, -0.15) is 0 Å². The van der Waals surface area contributed by atoms with E-state index in [-0.39, 0.29) is 5.75 Å². The summed E-state index contributed by atoms with van der Waals surface area (Å²) in [7, 11) is 0. The van der Waals surface area contributed by atoms with Gasteiger partial charge in [0.05, 0.1) is 5.60 Å². The quantitative estimate of drug-likeness (QED) is 0.742. The molecule has 1 aromatic carbocycles. The third-order valence-electron chi connectivity index (χ3n) is 2.46. The third-order valence-corrected chi connectivity index (χ3v) is 3.23. The van der Waals surface area contributed by atoms with Crippen molar-refractivity contribution < 1.29 is 10.2 Å². The minimum atomic E-state index is -0.643. The third kappa shape index (κ3) is 1.92. The predicted octanol–water partition coefficient (Wildman–Crippen LogP) is 1.03. The monoisotopic (exact) mass is 257 g/mol. The average Bonchev–Trinajstić information content (AvgIpc) is 2.09. The Morgan fingerprint density at radius 1 is 1.43 bits per heavy atom. The Bertz CT molecular complexity index is 350. The first-order valence-electron chi connectivity index (χ1n) is 4.50. The van der Waals surface area contributed by atoms with Gasteiger partial charge < -0.3 is 15.5 Å². The minimum Gasteiger partial charge on any atom is -0.508 e. The fourth-order valence-corrected chi connectivity index (χ4v) is 1.98. The van der Waals surface area contributed by atoms with E-state index in [0.29, 0.717) is 19.5 Å². The van der Waals surface area contributed by atoms with Crippen molar-refractivity contribution in [3.05, 3.63) is 28.2 Å². The van der Waals surface area contributed by atoms with Crippen LogP contribution in [0, 0.1) is 0 Å². The van der Waals surface area contributed by atoms with Crippen LogP contribution in [0.2, 0.25) is 0 Å². The zero-order valence-corrected chi connectivity index (χ0v) is 9.21. The number of aliphatic hydroxyl groups is 1. The smallest absolute Gasteiger partial charge is 0.115 e. The molecule has 76 valence electrons. The first-order valence-corrected chi connectivity index (χ1v) is 5.29. The van der Waals surface area contributed by atoms with Crippen molar-refractivity contribution in [1.29, 1.82) is 0 Å². The van der Waals surface area contributed by atoms with Gasteiger partial charge in [0.25, 0.3) is 0 Å². The van der Waals surface area contributed by atoms with Crippen LogP contribution in [-0.2, 0) is 6.42 Å². The Kier molecular flexibility index (Phi) is 2.51.